The molecule has 0 saturated heterocycles. The van der Waals surface area contributed by atoms with E-state index in [-0.39, 0.29) is 69.6 Å². The van der Waals surface area contributed by atoms with E-state index >= 15 is 0 Å². The molecule has 0 spiro atoms. The first-order valence-corrected chi connectivity index (χ1v) is 44.8. The Balaban J connectivity index is 0.000000717. The molecule has 1 amide bonds. The van der Waals surface area contributed by atoms with Crippen LogP contribution in [0.25, 0.3) is 43.2 Å². The summed E-state index contributed by atoms with van der Waals surface area (Å²) in [6.07, 6.45) is 0. The number of nitrogens with one attached hydrogen (secondary N) is 2. The first-order valence-electron chi connectivity index (χ1n) is 38.5. The molecular formula is C88H114BrClN10O17S6. The van der Waals surface area contributed by atoms with Gasteiger partial charge in [0, 0.05) is 105 Å². The lowest BCUT2D eigenvalue weighted by atomic mass is 10.1. The van der Waals surface area contributed by atoms with Crippen molar-refractivity contribution in [2.24, 2.45) is 17.6 Å². The molecule has 35 heteroatoms. The number of aromatic amines is 1. The zero-order chi connectivity index (χ0) is 93.2. The number of nitrogens with two attached hydrogens (primary N) is 2. The summed E-state index contributed by atoms with van der Waals surface area (Å²) in [4.78, 5) is 129. The fraction of sp³-hybridized carbons (Fsp3) is 0.386. The summed E-state index contributed by atoms with van der Waals surface area (Å²) in [5.74, 6) is 3.00. The van der Waals surface area contributed by atoms with Crippen LogP contribution in [-0.4, -0.2) is 151 Å². The fourth-order valence-electron chi connectivity index (χ4n) is 8.94. The Morgan fingerprint density at radius 2 is 0.951 bits per heavy atom. The van der Waals surface area contributed by atoms with Crippen LogP contribution in [0.15, 0.2) is 117 Å². The Hall–Kier alpha value is -10.2. The number of carboxylic acid groups (broad SMARTS) is 1. The number of hydrogen-bond donors (Lipinski definition) is 6. The zero-order valence-electron chi connectivity index (χ0n) is 73.7. The van der Waals surface area contributed by atoms with E-state index in [1.54, 1.807) is 125 Å². The molecule has 8 N–H and O–H groups in total. The number of rotatable bonds is 22. The summed E-state index contributed by atoms with van der Waals surface area (Å²) in [5.41, 5.74) is 20.3. The number of ketones is 4. The predicted octanol–water partition coefficient (Wildman–Crippen LogP) is 21.1. The highest BCUT2D eigenvalue weighted by Crippen LogP contribution is 2.34. The van der Waals surface area contributed by atoms with Crippen molar-refractivity contribution < 1.29 is 78.4 Å². The summed E-state index contributed by atoms with van der Waals surface area (Å²) in [6, 6.07) is 24.5. The number of thiazole rings is 5. The second-order valence-electron chi connectivity index (χ2n) is 28.1. The largest absolute Gasteiger partial charge is 0.497 e. The number of carbonyl (C=O) groups is 8. The van der Waals surface area contributed by atoms with Crippen molar-refractivity contribution in [3.05, 3.63) is 182 Å². The molecule has 0 aliphatic heterocycles. The van der Waals surface area contributed by atoms with Gasteiger partial charge in [0.1, 0.15) is 50.3 Å². The number of nitrogen functional groups attached to an aromatic ring is 1. The molecule has 0 fully saturated rings. The van der Waals surface area contributed by atoms with Gasteiger partial charge in [-0.25, -0.2) is 44.3 Å². The van der Waals surface area contributed by atoms with Crippen molar-refractivity contribution in [3.8, 4) is 44.4 Å². The van der Waals surface area contributed by atoms with E-state index in [0.29, 0.717) is 96.6 Å². The number of amides is 1. The number of aliphatic hydroxyl groups excluding tert-OH is 1. The number of methoxy groups -OCH3 is 4. The number of alkyl halides is 1. The Bertz CT molecular complexity index is 5330. The third kappa shape index (κ3) is 37.0. The average Bonchev–Trinajstić information content (AvgIpc) is 1.40. The number of aromatic carboxylic acids is 1. The number of fused-ring (bicyclic) bond motifs is 2. The SMILES string of the molecule is CC(=O)C(C)C.CC(C)C(=O)CBr.CC(C)c1csc(C(=O)O)n1.CCOC(=O)C(N)=S.CCOC(=O)c1nc(C(C)C)cs1.CO.COc1ccc(C(C)=O)c(N)c1.COc1ccc(C(C)=O)c(NC(=O)c2nc(C(C)C)cs2)c1.COc1ccc2c(=O)cc(-c3nc(C(C)C)cs3)[nH]c2c1.COc1ccc2c(Cl)cc(-c3nc(C(C)C)cs3)nc2c1.[2HH]. The van der Waals surface area contributed by atoms with Crippen molar-refractivity contribution in [2.75, 3.05) is 65.1 Å². The normalized spacial score (nSPS) is 10.3. The molecule has 123 heavy (non-hydrogen) atoms. The van der Waals surface area contributed by atoms with Crippen LogP contribution in [0.4, 0.5) is 11.4 Å². The van der Waals surface area contributed by atoms with Crippen LogP contribution in [0.2, 0.25) is 5.02 Å². The molecule has 0 unspecified atom stereocenters. The number of carboxylic acids is 1. The number of ether oxygens (including phenoxy) is 6. The van der Waals surface area contributed by atoms with E-state index < -0.39 is 11.9 Å². The monoisotopic (exact) mass is 1890 g/mol. The van der Waals surface area contributed by atoms with Crippen LogP contribution >= 0.6 is 96.4 Å². The highest BCUT2D eigenvalue weighted by atomic mass is 79.9. The first kappa shape index (κ1) is 109. The molecule has 0 saturated carbocycles. The van der Waals surface area contributed by atoms with Gasteiger partial charge < -0.3 is 60.4 Å². The number of halogens is 2. The van der Waals surface area contributed by atoms with Gasteiger partial charge in [-0.2, -0.15) is 0 Å². The smallest absolute Gasteiger partial charge is 0.367 e. The van der Waals surface area contributed by atoms with Crippen LogP contribution in [0, 0.1) is 11.8 Å². The van der Waals surface area contributed by atoms with Crippen LogP contribution in [0.5, 0.6) is 23.0 Å². The van der Waals surface area contributed by atoms with Crippen LogP contribution < -0.4 is 41.2 Å². The number of thiocarbonyl (C=S) groups is 1. The minimum Gasteiger partial charge on any atom is -0.497 e. The summed E-state index contributed by atoms with van der Waals surface area (Å²) < 4.78 is 29.8. The number of hydrogen-bond acceptors (Lipinski definition) is 29. The summed E-state index contributed by atoms with van der Waals surface area (Å²) in [7, 11) is 7.34. The van der Waals surface area contributed by atoms with Gasteiger partial charge in [0.15, 0.2) is 27.0 Å². The van der Waals surface area contributed by atoms with E-state index in [1.807, 2.05) is 116 Å². The molecule has 27 nitrogen and oxygen atoms in total. The lowest BCUT2D eigenvalue weighted by Gasteiger charge is -2.10. The Kier molecular flexibility index (Phi) is 49.4. The van der Waals surface area contributed by atoms with Crippen molar-refractivity contribution in [1.29, 1.82) is 0 Å². The van der Waals surface area contributed by atoms with E-state index in [4.69, 9.17) is 57.0 Å². The third-order valence-electron chi connectivity index (χ3n) is 16.4. The Morgan fingerprint density at radius 3 is 1.36 bits per heavy atom. The number of carbonyl (C=O) groups excluding carboxylic acids is 7. The van der Waals surface area contributed by atoms with Gasteiger partial charge in [-0.1, -0.05) is 137 Å². The maximum absolute atomic E-state index is 12.3. The number of benzene rings is 4. The van der Waals surface area contributed by atoms with Crippen LogP contribution in [0.3, 0.4) is 0 Å². The van der Waals surface area contributed by atoms with E-state index in [9.17, 15) is 43.2 Å². The van der Waals surface area contributed by atoms with Crippen molar-refractivity contribution >= 4 is 182 Å². The number of aliphatic hydroxyl groups is 1. The summed E-state index contributed by atoms with van der Waals surface area (Å²) >= 11 is 20.7. The first-order chi connectivity index (χ1) is 58.0. The van der Waals surface area contributed by atoms with Gasteiger partial charge in [-0.3, -0.25) is 28.8 Å². The predicted molar refractivity (Wildman–Crippen MR) is 508 cm³/mol. The van der Waals surface area contributed by atoms with E-state index in [0.717, 1.165) is 84.9 Å². The number of H-pyrrole nitrogens is 1. The number of pyridine rings is 2. The second kappa shape index (κ2) is 55.8. The van der Waals surface area contributed by atoms with Gasteiger partial charge in [0.05, 0.1) is 103 Å². The number of anilines is 2. The molecule has 0 aliphatic carbocycles. The van der Waals surface area contributed by atoms with Crippen molar-refractivity contribution in [2.45, 2.75) is 161 Å². The maximum Gasteiger partial charge on any atom is 0.367 e. The van der Waals surface area contributed by atoms with Crippen molar-refractivity contribution in [3.63, 3.8) is 0 Å². The minimum absolute atomic E-state index is 0. The van der Waals surface area contributed by atoms with Crippen molar-refractivity contribution in [1.82, 2.24) is 34.9 Å². The molecule has 0 bridgehead atoms. The Morgan fingerprint density at radius 1 is 0.537 bits per heavy atom. The molecule has 0 atom stereocenters. The topological polar surface area (TPSA) is 407 Å². The summed E-state index contributed by atoms with van der Waals surface area (Å²) in [6.45, 7) is 36.9. The average molecular weight is 1890 g/mol. The van der Waals surface area contributed by atoms with Crippen LogP contribution in [-0.2, 0) is 23.9 Å². The molecular weight excluding hydrogens is 1780 g/mol. The van der Waals surface area contributed by atoms with Crippen LogP contribution in [0.1, 0.15) is 241 Å². The molecule has 0 radical (unpaired) electrons. The molecule has 7 heterocycles. The molecule has 7 aromatic heterocycles. The molecule has 668 valence electrons. The lowest BCUT2D eigenvalue weighted by molar-refractivity contribution is -0.135. The Labute approximate surface area is 759 Å². The highest BCUT2D eigenvalue weighted by molar-refractivity contribution is 9.09. The highest BCUT2D eigenvalue weighted by Gasteiger charge is 2.20. The van der Waals surface area contributed by atoms with Gasteiger partial charge in [-0.15, -0.1) is 56.7 Å². The molecule has 11 rings (SSSR count). The lowest BCUT2D eigenvalue weighted by Crippen LogP contribution is -2.23. The van der Waals surface area contributed by atoms with E-state index in [1.165, 1.54) is 55.0 Å². The fourth-order valence-corrected chi connectivity index (χ4v) is 14.4. The third-order valence-corrected chi connectivity index (χ3v) is 21.8. The molecule has 0 aliphatic rings. The van der Waals surface area contributed by atoms with Gasteiger partial charge in [-0.05, 0) is 119 Å². The standard InChI is InChI=1S/C16H15ClN2OS.C16H18N2O3S.C16H16N2O2S.C9H13NO2S.C9H11NO2.C7H9NO2S.C5H9BrO.C5H10O.C4H7NO2S.CH4O.H2/c1-9(2)15-8-21-16(19-15)14-7-12(17)11-5-4-10(20-3)6-13(11)18-14;1-9(2)14-8-22-16(18-14)15(20)17-13-7-11(21-4)5-6-12(13)10(3)19;1-9(2)14-8-21-16(18-14)13-7-15(19)11-5-4-10(20-3)6-12(11)17-13;1-4-12-9(11)8-10-7(5-13-8)6(2)3;1-6(11)8-4-3-7(12-2)5-9(8)10;1-4(2)5-3-11-6(8-5)7(9)10;1-4(2)5(7)3-6;1-4(2)5(3)6;1-2-7-4(6)3(5)8;1-2;/h4-9H,1-3H3;5-9H,1-4H3,(H,17,20);4-9H,1-3H3,(H,17,19);5-6H,4H2,1-3H3;3-5H,10H2,1-2H3;3-4H,1-2H3,(H,9,10);4H,3H2,1-2H3;4H,1-3H3;2H2,1H3,(H2,5,8);2H,1H3;1H/i;;;;;;;;;;1+1. The second-order valence-corrected chi connectivity index (χ2v) is 33.8. The maximum atomic E-state index is 12.3. The zero-order valence-corrected chi connectivity index (χ0v) is 80.9. The van der Waals surface area contributed by atoms with Gasteiger partial charge in [0.25, 0.3) is 5.91 Å². The molecule has 11 aromatic rings. The molecule has 4 aromatic carbocycles. The summed E-state index contributed by atoms with van der Waals surface area (Å²) in [5, 5.41) is 33.4. The number of Topliss-reactive ketones (excluding diaryl/α,β-unsaturated/α-hetero) is 4. The minimum atomic E-state index is -0.943. The van der Waals surface area contributed by atoms with E-state index in [2.05, 4.69) is 106 Å². The van der Waals surface area contributed by atoms with Gasteiger partial charge in [0.2, 0.25) is 10.0 Å². The number of nitrogens with zero attached hydrogens (tertiary/aromatic N) is 6. The van der Waals surface area contributed by atoms with Gasteiger partial charge >= 0.3 is 17.9 Å². The quantitative estimate of drug-likeness (QED) is 0.0121. The number of esters is 2. The number of aromatic nitrogens is 7.